The van der Waals surface area contributed by atoms with Gasteiger partial charge in [-0.2, -0.15) is 35.4 Å². The molecule has 0 unspecified atom stereocenters. The predicted molar refractivity (Wildman–Crippen MR) is 110 cm³/mol. The molecule has 0 aromatic heterocycles. The van der Waals surface area contributed by atoms with Crippen molar-refractivity contribution in [3.05, 3.63) is 59.7 Å². The molecular formula is C20H34Cl2O2Si2Zr. The van der Waals surface area contributed by atoms with Crippen molar-refractivity contribution in [2.24, 2.45) is 0 Å². The molecule has 0 saturated heterocycles. The molecule has 0 aliphatic rings. The Bertz CT molecular complexity index is 483. The molecule has 0 bridgehead atoms. The smallest absolute Gasteiger partial charge is 1.00 e. The Hall–Kier alpha value is 0.517. The van der Waals surface area contributed by atoms with E-state index in [2.05, 4.69) is 87.8 Å². The van der Waals surface area contributed by atoms with Crippen molar-refractivity contribution in [2.75, 3.05) is 13.2 Å². The molecule has 2 aromatic rings. The Morgan fingerprint density at radius 3 is 1.07 bits per heavy atom. The minimum atomic E-state index is -1.29. The van der Waals surface area contributed by atoms with Gasteiger partial charge in [0.25, 0.3) is 0 Å². The van der Waals surface area contributed by atoms with Gasteiger partial charge < -0.3 is 33.7 Å². The van der Waals surface area contributed by atoms with Gasteiger partial charge in [0.2, 0.25) is 0 Å². The zero-order chi connectivity index (χ0) is 18.1. The van der Waals surface area contributed by atoms with Crippen LogP contribution in [0.5, 0.6) is 0 Å². The molecular weight excluding hydrogens is 491 g/mol. The van der Waals surface area contributed by atoms with Crippen molar-refractivity contribution >= 4 is 16.6 Å². The standard InChI is InChI=1S/2C10H17OSi.2ClH.Zr/c2*1-12(2,3)11-9-8-10-6-4-5-7-10;;;/h2*4-7H,8-9H2,1-3H3;2*1H;/q2*-1;;;+4/p-2. The van der Waals surface area contributed by atoms with Crippen molar-refractivity contribution in [3.8, 4) is 0 Å². The molecule has 0 aliphatic heterocycles. The molecule has 0 amide bonds. The molecule has 152 valence electrons. The molecule has 27 heavy (non-hydrogen) atoms. The normalized spacial score (nSPS) is 10.6. The first-order chi connectivity index (χ1) is 11.2. The van der Waals surface area contributed by atoms with Gasteiger partial charge in [0.05, 0.1) is 0 Å². The Balaban J connectivity index is -0.000000384. The van der Waals surface area contributed by atoms with Crippen molar-refractivity contribution < 1.29 is 59.9 Å². The minimum Gasteiger partial charge on any atom is -1.00 e. The summed E-state index contributed by atoms with van der Waals surface area (Å²) >= 11 is 0. The van der Waals surface area contributed by atoms with Crippen LogP contribution >= 0.6 is 0 Å². The van der Waals surface area contributed by atoms with Gasteiger partial charge in [0.1, 0.15) is 0 Å². The molecule has 0 N–H and O–H groups in total. The molecule has 2 rings (SSSR count). The van der Waals surface area contributed by atoms with Gasteiger partial charge in [-0.15, -0.1) is 0 Å². The maximum atomic E-state index is 5.74. The maximum Gasteiger partial charge on any atom is 4.00 e. The van der Waals surface area contributed by atoms with Crippen molar-refractivity contribution in [3.63, 3.8) is 0 Å². The summed E-state index contributed by atoms with van der Waals surface area (Å²) in [5.74, 6) is 0. The Morgan fingerprint density at radius 2 is 0.852 bits per heavy atom. The third-order valence-electron chi connectivity index (χ3n) is 3.32. The monoisotopic (exact) mass is 522 g/mol. The molecule has 0 atom stereocenters. The van der Waals surface area contributed by atoms with Crippen LogP contribution < -0.4 is 24.8 Å². The molecule has 0 fully saturated rings. The quantitative estimate of drug-likeness (QED) is 0.346. The van der Waals surface area contributed by atoms with Gasteiger partial charge in [-0.05, 0) is 39.3 Å². The Kier molecular flexibility index (Phi) is 19.5. The van der Waals surface area contributed by atoms with Crippen LogP contribution in [0.15, 0.2) is 48.5 Å². The second-order valence-corrected chi connectivity index (χ2v) is 17.0. The van der Waals surface area contributed by atoms with Crippen LogP contribution in [0.25, 0.3) is 0 Å². The zero-order valence-electron chi connectivity index (χ0n) is 17.5. The predicted octanol–water partition coefficient (Wildman–Crippen LogP) is -0.395. The number of hydrogen-bond donors (Lipinski definition) is 0. The first-order valence-corrected chi connectivity index (χ1v) is 15.7. The fourth-order valence-corrected chi connectivity index (χ4v) is 3.54. The molecule has 7 heteroatoms. The van der Waals surface area contributed by atoms with E-state index in [1.165, 1.54) is 11.1 Å². The van der Waals surface area contributed by atoms with Gasteiger partial charge in [-0.25, -0.2) is 24.3 Å². The van der Waals surface area contributed by atoms with E-state index in [1.54, 1.807) is 0 Å². The van der Waals surface area contributed by atoms with Crippen LogP contribution in [-0.2, 0) is 47.9 Å². The fraction of sp³-hybridized carbons (Fsp3) is 0.500. The molecule has 0 heterocycles. The van der Waals surface area contributed by atoms with E-state index in [1.807, 2.05) is 0 Å². The van der Waals surface area contributed by atoms with Gasteiger partial charge in [-0.1, -0.05) is 12.8 Å². The van der Waals surface area contributed by atoms with Gasteiger partial charge in [-0.3, -0.25) is 0 Å². The van der Waals surface area contributed by atoms with Crippen molar-refractivity contribution in [1.82, 2.24) is 0 Å². The molecule has 0 radical (unpaired) electrons. The van der Waals surface area contributed by atoms with E-state index in [0.717, 1.165) is 26.1 Å². The van der Waals surface area contributed by atoms with E-state index in [9.17, 15) is 0 Å². The SMILES string of the molecule is C[Si](C)(C)OCC[c-]1cccc1.C[Si](C)(C)OCC[c-]1cccc1.[Cl-].[Cl-].[Zr+4]. The van der Waals surface area contributed by atoms with Crippen LogP contribution in [-0.4, -0.2) is 29.8 Å². The topological polar surface area (TPSA) is 18.5 Å². The van der Waals surface area contributed by atoms with E-state index < -0.39 is 16.6 Å². The van der Waals surface area contributed by atoms with E-state index >= 15 is 0 Å². The summed E-state index contributed by atoms with van der Waals surface area (Å²) in [6, 6.07) is 16.9. The Morgan fingerprint density at radius 1 is 0.593 bits per heavy atom. The summed E-state index contributed by atoms with van der Waals surface area (Å²) in [7, 11) is -2.58. The number of halogens is 2. The average Bonchev–Trinajstić information content (AvgIpc) is 3.09. The second-order valence-electron chi connectivity index (χ2n) is 8.01. The molecule has 2 nitrogen and oxygen atoms in total. The van der Waals surface area contributed by atoms with E-state index in [4.69, 9.17) is 8.85 Å². The van der Waals surface area contributed by atoms with Crippen molar-refractivity contribution in [1.29, 1.82) is 0 Å². The maximum absolute atomic E-state index is 5.74. The summed E-state index contributed by atoms with van der Waals surface area (Å²) in [5.41, 5.74) is 2.77. The summed E-state index contributed by atoms with van der Waals surface area (Å²) in [6.07, 6.45) is 2.11. The van der Waals surface area contributed by atoms with Crippen LogP contribution in [0, 0.1) is 0 Å². The van der Waals surface area contributed by atoms with Gasteiger partial charge in [0, 0.05) is 13.2 Å². The average molecular weight is 525 g/mol. The second kappa shape index (κ2) is 16.3. The zero-order valence-corrected chi connectivity index (χ0v) is 23.5. The van der Waals surface area contributed by atoms with Crippen molar-refractivity contribution in [2.45, 2.75) is 52.1 Å². The largest absolute Gasteiger partial charge is 4.00 e. The molecule has 0 spiro atoms. The van der Waals surface area contributed by atoms with E-state index in [-0.39, 0.29) is 51.0 Å². The van der Waals surface area contributed by atoms with Gasteiger partial charge in [0.15, 0.2) is 16.6 Å². The third kappa shape index (κ3) is 19.6. The first-order valence-electron chi connectivity index (χ1n) is 8.85. The van der Waals surface area contributed by atoms with Crippen LogP contribution in [0.2, 0.25) is 39.3 Å². The fourth-order valence-electron chi connectivity index (χ4n) is 2.11. The van der Waals surface area contributed by atoms with Gasteiger partial charge >= 0.3 is 26.2 Å². The number of rotatable bonds is 8. The first kappa shape index (κ1) is 32.2. The van der Waals surface area contributed by atoms with Crippen LogP contribution in [0.1, 0.15) is 11.1 Å². The molecule has 2 aromatic carbocycles. The summed E-state index contributed by atoms with van der Waals surface area (Å²) in [5, 5.41) is 0. The Labute approximate surface area is 200 Å². The molecule has 0 saturated carbocycles. The third-order valence-corrected chi connectivity index (χ3v) is 5.46. The van der Waals surface area contributed by atoms with E-state index in [0.29, 0.717) is 0 Å². The number of hydrogen-bond acceptors (Lipinski definition) is 2. The summed E-state index contributed by atoms with van der Waals surface area (Å²) in [4.78, 5) is 0. The summed E-state index contributed by atoms with van der Waals surface area (Å²) in [6.45, 7) is 15.1. The van der Waals surface area contributed by atoms with Crippen LogP contribution in [0.4, 0.5) is 0 Å². The minimum absolute atomic E-state index is 0. The van der Waals surface area contributed by atoms with Crippen LogP contribution in [0.3, 0.4) is 0 Å². The molecule has 0 aliphatic carbocycles. The summed E-state index contributed by atoms with van der Waals surface area (Å²) < 4.78 is 11.5.